The fraction of sp³-hybridized carbons (Fsp3) is 0.158. The molecule has 24 heavy (non-hydrogen) atoms. The van der Waals surface area contributed by atoms with Gasteiger partial charge in [0.15, 0.2) is 6.61 Å². The highest BCUT2D eigenvalue weighted by atomic mass is 16.5. The first-order valence-corrected chi connectivity index (χ1v) is 7.72. The normalized spacial score (nSPS) is 11.5. The Bertz CT molecular complexity index is 896. The van der Waals surface area contributed by atoms with Crippen LogP contribution in [0, 0.1) is 6.92 Å². The number of aryl methyl sites for hydroxylation is 1. The third kappa shape index (κ3) is 3.63. The van der Waals surface area contributed by atoms with Crippen molar-refractivity contribution in [3.8, 4) is 5.75 Å². The lowest BCUT2D eigenvalue weighted by molar-refractivity contribution is -0.123. The molecule has 2 aromatic carbocycles. The molecule has 0 radical (unpaired) electrons. The molecule has 122 valence electrons. The van der Waals surface area contributed by atoms with E-state index in [1.54, 1.807) is 0 Å². The molecule has 0 saturated carbocycles. The van der Waals surface area contributed by atoms with E-state index in [9.17, 15) is 4.79 Å². The van der Waals surface area contributed by atoms with Crippen molar-refractivity contribution in [1.82, 2.24) is 10.4 Å². The monoisotopic (exact) mass is 321 g/mol. The highest BCUT2D eigenvalue weighted by molar-refractivity contribution is 6.02. The standard InChI is InChI=1S/C19H19N3O2/c1-13-5-3-4-6-18(13)24-12-19(23)22-21-14(2)15-7-8-17-16(11-15)9-10-20-17/h3-11,20H,12H2,1-2H3,(H,22,23). The number of benzene rings is 2. The molecule has 0 aliphatic rings. The number of rotatable bonds is 5. The average molecular weight is 321 g/mol. The van der Waals surface area contributed by atoms with Crippen molar-refractivity contribution in [2.45, 2.75) is 13.8 Å². The molecule has 1 aromatic heterocycles. The van der Waals surface area contributed by atoms with Crippen LogP contribution in [0.5, 0.6) is 5.75 Å². The summed E-state index contributed by atoms with van der Waals surface area (Å²) in [5.74, 6) is 0.409. The van der Waals surface area contributed by atoms with Gasteiger partial charge in [0.2, 0.25) is 0 Å². The van der Waals surface area contributed by atoms with Crippen LogP contribution in [-0.4, -0.2) is 23.2 Å². The average Bonchev–Trinajstić information content (AvgIpc) is 3.06. The van der Waals surface area contributed by atoms with Gasteiger partial charge in [-0.15, -0.1) is 0 Å². The summed E-state index contributed by atoms with van der Waals surface area (Å²) >= 11 is 0. The maximum Gasteiger partial charge on any atom is 0.277 e. The first-order chi connectivity index (χ1) is 11.6. The Kier molecular flexibility index (Phi) is 4.61. The number of carbonyl (C=O) groups excluding carboxylic acids is 1. The maximum atomic E-state index is 11.9. The zero-order chi connectivity index (χ0) is 16.9. The van der Waals surface area contributed by atoms with Crippen molar-refractivity contribution in [2.75, 3.05) is 6.61 Å². The Hall–Kier alpha value is -3.08. The van der Waals surface area contributed by atoms with Crippen LogP contribution in [0.1, 0.15) is 18.1 Å². The predicted octanol–water partition coefficient (Wildman–Crippen LogP) is 3.40. The Morgan fingerprint density at radius 2 is 2.04 bits per heavy atom. The summed E-state index contributed by atoms with van der Waals surface area (Å²) in [6.45, 7) is 3.72. The van der Waals surface area contributed by atoms with E-state index in [1.807, 2.05) is 68.6 Å². The number of para-hydroxylation sites is 1. The van der Waals surface area contributed by atoms with Gasteiger partial charge in [0, 0.05) is 17.1 Å². The second-order valence-corrected chi connectivity index (χ2v) is 5.57. The van der Waals surface area contributed by atoms with Gasteiger partial charge in [-0.1, -0.05) is 24.3 Å². The Labute approximate surface area is 140 Å². The number of hydrazone groups is 1. The second-order valence-electron chi connectivity index (χ2n) is 5.57. The number of aromatic nitrogens is 1. The minimum atomic E-state index is -0.291. The molecule has 1 heterocycles. The molecule has 3 aromatic rings. The number of aromatic amines is 1. The molecular weight excluding hydrogens is 302 g/mol. The minimum Gasteiger partial charge on any atom is -0.483 e. The summed E-state index contributed by atoms with van der Waals surface area (Å²) in [5.41, 5.74) is 6.29. The molecule has 0 aliphatic heterocycles. The van der Waals surface area contributed by atoms with Crippen molar-refractivity contribution in [2.24, 2.45) is 5.10 Å². The third-order valence-corrected chi connectivity index (χ3v) is 3.77. The molecule has 0 atom stereocenters. The first kappa shape index (κ1) is 15.8. The fourth-order valence-electron chi connectivity index (χ4n) is 2.38. The van der Waals surface area contributed by atoms with Gasteiger partial charge in [-0.2, -0.15) is 5.10 Å². The van der Waals surface area contributed by atoms with E-state index in [0.29, 0.717) is 5.75 Å². The van der Waals surface area contributed by atoms with E-state index >= 15 is 0 Å². The van der Waals surface area contributed by atoms with E-state index in [0.717, 1.165) is 27.7 Å². The SMILES string of the molecule is CC(=NNC(=O)COc1ccccc1C)c1ccc2[nH]ccc2c1. The van der Waals surface area contributed by atoms with Gasteiger partial charge in [-0.05, 0) is 49.2 Å². The number of nitrogens with one attached hydrogen (secondary N) is 2. The molecule has 1 amide bonds. The topological polar surface area (TPSA) is 66.5 Å². The van der Waals surface area contributed by atoms with Crippen molar-refractivity contribution in [3.63, 3.8) is 0 Å². The second kappa shape index (κ2) is 7.00. The Morgan fingerprint density at radius 3 is 2.88 bits per heavy atom. The van der Waals surface area contributed by atoms with Crippen LogP contribution in [0.2, 0.25) is 0 Å². The van der Waals surface area contributed by atoms with Crippen LogP contribution >= 0.6 is 0 Å². The molecule has 3 rings (SSSR count). The van der Waals surface area contributed by atoms with Crippen LogP contribution in [0.15, 0.2) is 59.8 Å². The van der Waals surface area contributed by atoms with Gasteiger partial charge in [0.25, 0.3) is 5.91 Å². The van der Waals surface area contributed by atoms with Gasteiger partial charge in [0.05, 0.1) is 5.71 Å². The lowest BCUT2D eigenvalue weighted by Gasteiger charge is -2.08. The summed E-state index contributed by atoms with van der Waals surface area (Å²) in [7, 11) is 0. The highest BCUT2D eigenvalue weighted by Crippen LogP contribution is 2.16. The van der Waals surface area contributed by atoms with Crippen LogP contribution < -0.4 is 10.2 Å². The molecule has 2 N–H and O–H groups in total. The number of nitrogens with zero attached hydrogens (tertiary/aromatic N) is 1. The number of fused-ring (bicyclic) bond motifs is 1. The zero-order valence-corrected chi connectivity index (χ0v) is 13.7. The summed E-state index contributed by atoms with van der Waals surface area (Å²) in [6.07, 6.45) is 1.89. The van der Waals surface area contributed by atoms with Gasteiger partial charge < -0.3 is 9.72 Å². The summed E-state index contributed by atoms with van der Waals surface area (Å²) < 4.78 is 5.50. The largest absolute Gasteiger partial charge is 0.483 e. The van der Waals surface area contributed by atoms with Gasteiger partial charge in [-0.3, -0.25) is 4.79 Å². The van der Waals surface area contributed by atoms with Crippen molar-refractivity contribution >= 4 is 22.5 Å². The van der Waals surface area contributed by atoms with Crippen LogP contribution in [0.4, 0.5) is 0 Å². The van der Waals surface area contributed by atoms with E-state index in [4.69, 9.17) is 4.74 Å². The predicted molar refractivity (Wildman–Crippen MR) is 95.3 cm³/mol. The van der Waals surface area contributed by atoms with E-state index in [2.05, 4.69) is 15.5 Å². The van der Waals surface area contributed by atoms with Gasteiger partial charge >= 0.3 is 0 Å². The van der Waals surface area contributed by atoms with Crippen molar-refractivity contribution in [1.29, 1.82) is 0 Å². The number of hydrogen-bond acceptors (Lipinski definition) is 3. The van der Waals surface area contributed by atoms with Crippen LogP contribution in [-0.2, 0) is 4.79 Å². The van der Waals surface area contributed by atoms with Crippen molar-refractivity contribution in [3.05, 3.63) is 65.9 Å². The van der Waals surface area contributed by atoms with E-state index in [1.165, 1.54) is 0 Å². The molecule has 5 nitrogen and oxygen atoms in total. The number of hydrogen-bond donors (Lipinski definition) is 2. The Balaban J connectivity index is 1.59. The maximum absolute atomic E-state index is 11.9. The summed E-state index contributed by atoms with van der Waals surface area (Å²) in [6, 6.07) is 15.6. The number of H-pyrrole nitrogens is 1. The molecule has 0 unspecified atom stereocenters. The highest BCUT2D eigenvalue weighted by Gasteiger charge is 2.05. The van der Waals surface area contributed by atoms with E-state index < -0.39 is 0 Å². The van der Waals surface area contributed by atoms with E-state index in [-0.39, 0.29) is 12.5 Å². The molecule has 5 heteroatoms. The molecule has 0 bridgehead atoms. The molecular formula is C19H19N3O2. The molecule has 0 spiro atoms. The lowest BCUT2D eigenvalue weighted by atomic mass is 10.1. The number of amides is 1. The molecule has 0 saturated heterocycles. The summed E-state index contributed by atoms with van der Waals surface area (Å²) in [5, 5.41) is 5.25. The van der Waals surface area contributed by atoms with Crippen LogP contribution in [0.25, 0.3) is 10.9 Å². The summed E-state index contributed by atoms with van der Waals surface area (Å²) in [4.78, 5) is 15.0. The first-order valence-electron chi connectivity index (χ1n) is 7.72. The van der Waals surface area contributed by atoms with Crippen molar-refractivity contribution < 1.29 is 9.53 Å². The lowest BCUT2D eigenvalue weighted by Crippen LogP contribution is -2.25. The fourth-order valence-corrected chi connectivity index (χ4v) is 2.38. The number of ether oxygens (including phenoxy) is 1. The van der Waals surface area contributed by atoms with Crippen LogP contribution in [0.3, 0.4) is 0 Å². The Morgan fingerprint density at radius 1 is 1.21 bits per heavy atom. The zero-order valence-electron chi connectivity index (χ0n) is 13.7. The molecule has 0 aliphatic carbocycles. The number of carbonyl (C=O) groups is 1. The smallest absolute Gasteiger partial charge is 0.277 e. The molecule has 0 fully saturated rings. The van der Waals surface area contributed by atoms with Gasteiger partial charge in [0.1, 0.15) is 5.75 Å². The third-order valence-electron chi connectivity index (χ3n) is 3.77. The van der Waals surface area contributed by atoms with Gasteiger partial charge in [-0.25, -0.2) is 5.43 Å². The quantitative estimate of drug-likeness (QED) is 0.559. The minimum absolute atomic E-state index is 0.0710.